The van der Waals surface area contributed by atoms with Gasteiger partial charge >= 0.3 is 18.1 Å². The van der Waals surface area contributed by atoms with E-state index in [0.29, 0.717) is 86.3 Å². The number of anilines is 1. The molecule has 0 bridgehead atoms. The predicted octanol–water partition coefficient (Wildman–Crippen LogP) is 4.52. The highest BCUT2D eigenvalue weighted by Crippen LogP contribution is 2.34. The number of aromatic hydroxyl groups is 1. The summed E-state index contributed by atoms with van der Waals surface area (Å²) >= 11 is 6.73. The Morgan fingerprint density at radius 2 is 1.43 bits per heavy atom. The molecule has 286 valence electrons. The van der Waals surface area contributed by atoms with E-state index in [-0.39, 0.29) is 54.9 Å². The van der Waals surface area contributed by atoms with Crippen LogP contribution in [0.15, 0.2) is 45.3 Å². The number of ether oxygens (including phenoxy) is 1. The number of amides is 5. The minimum Gasteiger partial charge on any atom is -0.506 e. The van der Waals surface area contributed by atoms with Gasteiger partial charge < -0.3 is 39.9 Å². The highest BCUT2D eigenvalue weighted by atomic mass is 79.9. The molecule has 0 aromatic heterocycles. The van der Waals surface area contributed by atoms with Crippen molar-refractivity contribution in [1.82, 2.24) is 24.5 Å². The molecule has 2 aromatic rings. The van der Waals surface area contributed by atoms with Crippen LogP contribution in [0.3, 0.4) is 0 Å². The number of carboxylic acid groups (broad SMARTS) is 1. The number of para-hydroxylation sites is 1. The molecule has 0 spiro atoms. The Morgan fingerprint density at radius 1 is 0.811 bits per heavy atom. The standard InChI is InChI=1S/C37H46Br2N6O8/c38-28-21-24(22-29(39)34(28)49)23-31(35(50)43-12-8-26(9-13-43)41-17-19-42(20-18-41)32(46)5-6-33(47)48)53-37(52)44-14-10-27(11-15-44)45-16-7-25-3-1-2-4-30(25)40-36(45)51/h1-4,21-22,26-27,31,49H,5-20,23H2,(H,40,51)(H,47,48). The summed E-state index contributed by atoms with van der Waals surface area (Å²) in [7, 11) is 0. The Balaban J connectivity index is 1.04. The summed E-state index contributed by atoms with van der Waals surface area (Å²) in [5, 5.41) is 22.2. The number of nitrogens with one attached hydrogen (secondary N) is 1. The number of phenols is 1. The van der Waals surface area contributed by atoms with Gasteiger partial charge in [0, 0.05) is 89.5 Å². The molecule has 3 saturated heterocycles. The Labute approximate surface area is 325 Å². The molecule has 5 amide bonds. The van der Waals surface area contributed by atoms with Gasteiger partial charge in [0.2, 0.25) is 5.91 Å². The first-order valence-electron chi connectivity index (χ1n) is 18.3. The summed E-state index contributed by atoms with van der Waals surface area (Å²) in [4.78, 5) is 73.4. The van der Waals surface area contributed by atoms with Crippen LogP contribution < -0.4 is 5.32 Å². The molecule has 6 rings (SSSR count). The molecule has 0 saturated carbocycles. The lowest BCUT2D eigenvalue weighted by Crippen LogP contribution is -2.56. The number of piperazine rings is 1. The van der Waals surface area contributed by atoms with E-state index in [1.807, 2.05) is 29.2 Å². The number of aliphatic carboxylic acids is 1. The lowest BCUT2D eigenvalue weighted by atomic mass is 10.00. The number of rotatable bonds is 9. The molecular formula is C37H46Br2N6O8. The lowest BCUT2D eigenvalue weighted by molar-refractivity contribution is -0.143. The van der Waals surface area contributed by atoms with E-state index in [2.05, 4.69) is 42.1 Å². The molecule has 14 nitrogen and oxygen atoms in total. The Bertz CT molecular complexity index is 1670. The van der Waals surface area contributed by atoms with E-state index in [0.717, 1.165) is 30.5 Å². The van der Waals surface area contributed by atoms with Crippen LogP contribution in [0.4, 0.5) is 15.3 Å². The molecule has 0 radical (unpaired) electrons. The van der Waals surface area contributed by atoms with Crippen molar-refractivity contribution in [2.45, 2.75) is 69.6 Å². The van der Waals surface area contributed by atoms with Gasteiger partial charge in [-0.15, -0.1) is 0 Å². The van der Waals surface area contributed by atoms with Crippen LogP contribution in [0.5, 0.6) is 5.75 Å². The maximum Gasteiger partial charge on any atom is 0.410 e. The highest BCUT2D eigenvalue weighted by Gasteiger charge is 2.37. The van der Waals surface area contributed by atoms with E-state index in [1.54, 1.807) is 26.8 Å². The Morgan fingerprint density at radius 3 is 2.09 bits per heavy atom. The van der Waals surface area contributed by atoms with Gasteiger partial charge in [-0.3, -0.25) is 19.3 Å². The van der Waals surface area contributed by atoms with Gasteiger partial charge in [0.05, 0.1) is 15.4 Å². The van der Waals surface area contributed by atoms with Crippen molar-refractivity contribution < 1.29 is 38.9 Å². The summed E-state index contributed by atoms with van der Waals surface area (Å²) in [5.74, 6) is -1.36. The third kappa shape index (κ3) is 9.62. The molecule has 3 N–H and O–H groups in total. The summed E-state index contributed by atoms with van der Waals surface area (Å²) in [6.07, 6.45) is 1.69. The number of benzene rings is 2. The second-order valence-electron chi connectivity index (χ2n) is 14.1. The molecule has 1 unspecified atom stereocenters. The number of carbonyl (C=O) groups excluding carboxylic acids is 4. The fourth-order valence-corrected chi connectivity index (χ4v) is 9.07. The molecule has 4 heterocycles. The first-order valence-corrected chi connectivity index (χ1v) is 19.9. The largest absolute Gasteiger partial charge is 0.506 e. The summed E-state index contributed by atoms with van der Waals surface area (Å²) in [6.45, 7) is 4.82. The average molecular weight is 863 g/mol. The zero-order valence-electron chi connectivity index (χ0n) is 29.6. The van der Waals surface area contributed by atoms with Crippen molar-refractivity contribution in [1.29, 1.82) is 0 Å². The molecule has 2 aromatic carbocycles. The fraction of sp³-hybridized carbons (Fsp3) is 0.541. The van der Waals surface area contributed by atoms with Crippen molar-refractivity contribution in [2.24, 2.45) is 0 Å². The van der Waals surface area contributed by atoms with Crippen molar-refractivity contribution >= 4 is 67.5 Å². The molecule has 3 fully saturated rings. The van der Waals surface area contributed by atoms with Crippen LogP contribution in [0.1, 0.15) is 49.7 Å². The minimum absolute atomic E-state index is 0.00484. The molecular weight excluding hydrogens is 816 g/mol. The first-order chi connectivity index (χ1) is 25.5. The normalized spacial score (nSPS) is 19.6. The van der Waals surface area contributed by atoms with E-state index < -0.39 is 18.2 Å². The van der Waals surface area contributed by atoms with Gasteiger partial charge in [0.15, 0.2) is 6.10 Å². The monoisotopic (exact) mass is 860 g/mol. The summed E-state index contributed by atoms with van der Waals surface area (Å²) in [5.41, 5.74) is 2.63. The zero-order valence-corrected chi connectivity index (χ0v) is 32.7. The van der Waals surface area contributed by atoms with Gasteiger partial charge in [0.1, 0.15) is 5.75 Å². The second kappa shape index (κ2) is 17.5. The van der Waals surface area contributed by atoms with E-state index in [4.69, 9.17) is 9.84 Å². The average Bonchev–Trinajstić information content (AvgIpc) is 3.33. The third-order valence-corrected chi connectivity index (χ3v) is 12.0. The van der Waals surface area contributed by atoms with Crippen LogP contribution in [-0.4, -0.2) is 142 Å². The Kier molecular flexibility index (Phi) is 12.8. The number of urea groups is 1. The van der Waals surface area contributed by atoms with Crippen LogP contribution in [0, 0.1) is 0 Å². The maximum atomic E-state index is 14.1. The number of fused-ring (bicyclic) bond motifs is 1. The van der Waals surface area contributed by atoms with Gasteiger partial charge in [-0.2, -0.15) is 0 Å². The number of carbonyl (C=O) groups is 5. The zero-order chi connectivity index (χ0) is 37.6. The number of hydrogen-bond acceptors (Lipinski definition) is 8. The minimum atomic E-state index is -1.09. The number of likely N-dealkylation sites (tertiary alicyclic amines) is 2. The summed E-state index contributed by atoms with van der Waals surface area (Å²) < 4.78 is 6.92. The number of piperidine rings is 2. The Hall–Kier alpha value is -3.89. The maximum absolute atomic E-state index is 14.1. The molecule has 53 heavy (non-hydrogen) atoms. The molecule has 4 aliphatic rings. The third-order valence-electron chi connectivity index (χ3n) is 10.8. The van der Waals surface area contributed by atoms with Crippen LogP contribution in [0.2, 0.25) is 0 Å². The second-order valence-corrected chi connectivity index (χ2v) is 15.8. The van der Waals surface area contributed by atoms with E-state index in [9.17, 15) is 29.1 Å². The van der Waals surface area contributed by atoms with Crippen molar-refractivity contribution in [3.63, 3.8) is 0 Å². The number of nitrogens with zero attached hydrogens (tertiary/aromatic N) is 5. The number of halogens is 2. The van der Waals surface area contributed by atoms with E-state index in [1.165, 1.54) is 0 Å². The quantitative estimate of drug-likeness (QED) is 0.329. The molecule has 1 atom stereocenters. The highest BCUT2D eigenvalue weighted by molar-refractivity contribution is 9.11. The van der Waals surface area contributed by atoms with E-state index >= 15 is 0 Å². The first kappa shape index (κ1) is 38.8. The van der Waals surface area contributed by atoms with Crippen LogP contribution in [-0.2, 0) is 32.0 Å². The predicted molar refractivity (Wildman–Crippen MR) is 203 cm³/mol. The topological polar surface area (TPSA) is 163 Å². The van der Waals surface area contributed by atoms with Gasteiger partial charge in [0.25, 0.3) is 5.91 Å². The van der Waals surface area contributed by atoms with Crippen molar-refractivity contribution in [3.05, 3.63) is 56.5 Å². The van der Waals surface area contributed by atoms with Crippen LogP contribution >= 0.6 is 31.9 Å². The van der Waals surface area contributed by atoms with Crippen molar-refractivity contribution in [2.75, 3.05) is 64.2 Å². The van der Waals surface area contributed by atoms with Gasteiger partial charge in [-0.25, -0.2) is 9.59 Å². The number of hydrogen-bond donors (Lipinski definition) is 3. The number of phenolic OH excluding ortho intramolecular Hbond substituents is 1. The number of carboxylic acids is 1. The SMILES string of the molecule is O=C(O)CCC(=O)N1CCN(C2CCN(C(=O)C(Cc3cc(Br)c(O)c(Br)c3)OC(=O)N3CCC(N4CCc5ccccc5NC4=O)CC3)CC2)CC1. The smallest absolute Gasteiger partial charge is 0.410 e. The van der Waals surface area contributed by atoms with Gasteiger partial charge in [-0.05, 0) is 93.3 Å². The lowest BCUT2D eigenvalue weighted by Gasteiger charge is -2.43. The van der Waals surface area contributed by atoms with Gasteiger partial charge in [-0.1, -0.05) is 18.2 Å². The van der Waals surface area contributed by atoms with Crippen LogP contribution in [0.25, 0.3) is 0 Å². The molecule has 0 aliphatic carbocycles. The molecule has 16 heteroatoms. The molecule has 4 aliphatic heterocycles. The van der Waals surface area contributed by atoms with Crippen molar-refractivity contribution in [3.8, 4) is 5.75 Å². The fourth-order valence-electron chi connectivity index (χ4n) is 7.79. The summed E-state index contributed by atoms with van der Waals surface area (Å²) in [6, 6.07) is 11.3.